The summed E-state index contributed by atoms with van der Waals surface area (Å²) in [6.07, 6.45) is 0. The zero-order valence-corrected chi connectivity index (χ0v) is 22.4. The number of aliphatic hydroxyl groups is 1. The topological polar surface area (TPSA) is 107 Å². The van der Waals surface area contributed by atoms with Crippen molar-refractivity contribution in [3.63, 3.8) is 0 Å². The fraction of sp³-hybridized carbons (Fsp3) is 0.258. The molecule has 8 heteroatoms. The molecule has 4 rings (SSSR count). The molecule has 39 heavy (non-hydrogen) atoms. The van der Waals surface area contributed by atoms with E-state index in [4.69, 9.17) is 4.74 Å². The molecule has 1 atom stereocenters. The van der Waals surface area contributed by atoms with Gasteiger partial charge in [0, 0.05) is 31.9 Å². The predicted molar refractivity (Wildman–Crippen MR) is 149 cm³/mol. The highest BCUT2D eigenvalue weighted by molar-refractivity contribution is 6.46. The van der Waals surface area contributed by atoms with Gasteiger partial charge in [0.25, 0.3) is 11.7 Å². The van der Waals surface area contributed by atoms with Gasteiger partial charge in [0.15, 0.2) is 0 Å². The van der Waals surface area contributed by atoms with Gasteiger partial charge in [0.2, 0.25) is 0 Å². The largest absolute Gasteiger partial charge is 0.507 e. The standard InChI is InChI=1S/C31H32N2O6/c1-19(2)18-39-25-15-11-22(12-16-25)28(34)26-27(21-9-13-24(14-10-21)32(3)4)33(30(36)29(26)35)17-20-5-7-23(8-6-20)31(37)38/h5-16,19,27,34H,17-18H2,1-4H3,(H,37,38)/b28-26+. The molecule has 1 aliphatic heterocycles. The Morgan fingerprint density at radius 2 is 1.49 bits per heavy atom. The van der Waals surface area contributed by atoms with Crippen LogP contribution < -0.4 is 9.64 Å². The van der Waals surface area contributed by atoms with Crippen molar-refractivity contribution < 1.29 is 29.3 Å². The quantitative estimate of drug-likeness (QED) is 0.226. The molecule has 2 N–H and O–H groups in total. The minimum Gasteiger partial charge on any atom is -0.507 e. The number of hydrogen-bond donors (Lipinski definition) is 2. The van der Waals surface area contributed by atoms with Crippen LogP contribution in [0.5, 0.6) is 5.75 Å². The van der Waals surface area contributed by atoms with Crippen LogP contribution in [-0.4, -0.2) is 53.5 Å². The Balaban J connectivity index is 1.75. The highest BCUT2D eigenvalue weighted by Crippen LogP contribution is 2.41. The molecule has 1 unspecified atom stereocenters. The smallest absolute Gasteiger partial charge is 0.335 e. The summed E-state index contributed by atoms with van der Waals surface area (Å²) in [6, 6.07) is 19.5. The van der Waals surface area contributed by atoms with Crippen LogP contribution in [0.1, 0.15) is 46.9 Å². The van der Waals surface area contributed by atoms with Crippen LogP contribution in [0.25, 0.3) is 5.76 Å². The molecular weight excluding hydrogens is 496 g/mol. The molecule has 1 saturated heterocycles. The Hall–Kier alpha value is -4.59. The second-order valence-corrected chi connectivity index (χ2v) is 10.1. The number of carbonyl (C=O) groups excluding carboxylic acids is 2. The Labute approximate surface area is 227 Å². The maximum Gasteiger partial charge on any atom is 0.335 e. The maximum atomic E-state index is 13.3. The van der Waals surface area contributed by atoms with Crippen molar-refractivity contribution in [2.45, 2.75) is 26.4 Å². The van der Waals surface area contributed by atoms with E-state index >= 15 is 0 Å². The zero-order valence-electron chi connectivity index (χ0n) is 22.4. The number of carboxylic acid groups (broad SMARTS) is 1. The van der Waals surface area contributed by atoms with Crippen LogP contribution in [0.3, 0.4) is 0 Å². The molecule has 3 aromatic rings. The van der Waals surface area contributed by atoms with Gasteiger partial charge in [-0.25, -0.2) is 4.79 Å². The van der Waals surface area contributed by atoms with Gasteiger partial charge in [-0.3, -0.25) is 9.59 Å². The highest BCUT2D eigenvalue weighted by Gasteiger charge is 2.46. The summed E-state index contributed by atoms with van der Waals surface area (Å²) < 4.78 is 5.73. The molecule has 0 radical (unpaired) electrons. The van der Waals surface area contributed by atoms with Crippen molar-refractivity contribution in [3.05, 3.63) is 101 Å². The van der Waals surface area contributed by atoms with E-state index in [1.54, 1.807) is 36.4 Å². The molecular formula is C31H32N2O6. The van der Waals surface area contributed by atoms with Gasteiger partial charge >= 0.3 is 5.97 Å². The number of aliphatic hydroxyl groups excluding tert-OH is 1. The molecule has 8 nitrogen and oxygen atoms in total. The van der Waals surface area contributed by atoms with Gasteiger partial charge in [0.05, 0.1) is 23.8 Å². The number of benzene rings is 3. The Kier molecular flexibility index (Phi) is 8.04. The first kappa shape index (κ1) is 27.4. The molecule has 0 spiro atoms. The number of nitrogens with zero attached hydrogens (tertiary/aromatic N) is 2. The fourth-order valence-corrected chi connectivity index (χ4v) is 4.42. The van der Waals surface area contributed by atoms with Gasteiger partial charge in [0.1, 0.15) is 11.5 Å². The Morgan fingerprint density at radius 1 is 0.897 bits per heavy atom. The lowest BCUT2D eigenvalue weighted by Gasteiger charge is -2.26. The highest BCUT2D eigenvalue weighted by atomic mass is 16.5. The predicted octanol–water partition coefficient (Wildman–Crippen LogP) is 5.11. The SMILES string of the molecule is CC(C)COc1ccc(/C(O)=C2\C(=O)C(=O)N(Cc3ccc(C(=O)O)cc3)C2c2ccc(N(C)C)cc2)cc1. The molecule has 1 heterocycles. The van der Waals surface area contributed by atoms with Crippen molar-refractivity contribution >= 4 is 29.1 Å². The van der Waals surface area contributed by atoms with Crippen LogP contribution in [0.4, 0.5) is 5.69 Å². The number of hydrogen-bond acceptors (Lipinski definition) is 6. The van der Waals surface area contributed by atoms with Gasteiger partial charge in [-0.15, -0.1) is 0 Å². The number of Topliss-reactive ketones (excluding diaryl/α,β-unsaturated/α-hetero) is 1. The van der Waals surface area contributed by atoms with E-state index in [9.17, 15) is 24.6 Å². The molecule has 1 aliphatic rings. The number of ether oxygens (including phenoxy) is 1. The third-order valence-electron chi connectivity index (χ3n) is 6.53. The van der Waals surface area contributed by atoms with Gasteiger partial charge in [-0.2, -0.15) is 0 Å². The maximum absolute atomic E-state index is 13.3. The molecule has 0 saturated carbocycles. The van der Waals surface area contributed by atoms with Crippen molar-refractivity contribution in [1.29, 1.82) is 0 Å². The Bertz CT molecular complexity index is 1390. The third-order valence-corrected chi connectivity index (χ3v) is 6.53. The summed E-state index contributed by atoms with van der Waals surface area (Å²) in [7, 11) is 3.83. The van der Waals surface area contributed by atoms with E-state index in [2.05, 4.69) is 0 Å². The summed E-state index contributed by atoms with van der Waals surface area (Å²) >= 11 is 0. The van der Waals surface area contributed by atoms with Crippen molar-refractivity contribution in [1.82, 2.24) is 4.90 Å². The van der Waals surface area contributed by atoms with Gasteiger partial charge in [-0.05, 0) is 65.6 Å². The van der Waals surface area contributed by atoms with E-state index in [1.165, 1.54) is 17.0 Å². The number of likely N-dealkylation sites (tertiary alicyclic amines) is 1. The molecule has 0 aliphatic carbocycles. The monoisotopic (exact) mass is 528 g/mol. The fourth-order valence-electron chi connectivity index (χ4n) is 4.42. The summed E-state index contributed by atoms with van der Waals surface area (Å²) in [5.41, 5.74) is 2.78. The lowest BCUT2D eigenvalue weighted by molar-refractivity contribution is -0.140. The number of anilines is 1. The number of carboxylic acids is 1. The van der Waals surface area contributed by atoms with Crippen molar-refractivity contribution in [3.8, 4) is 5.75 Å². The summed E-state index contributed by atoms with van der Waals surface area (Å²) in [5.74, 6) is -1.85. The summed E-state index contributed by atoms with van der Waals surface area (Å²) in [4.78, 5) is 41.2. The second-order valence-electron chi connectivity index (χ2n) is 10.1. The van der Waals surface area contributed by atoms with Crippen LogP contribution in [0.2, 0.25) is 0 Å². The van der Waals surface area contributed by atoms with E-state index in [1.807, 2.05) is 57.1 Å². The molecule has 1 amide bonds. The molecule has 3 aromatic carbocycles. The third kappa shape index (κ3) is 5.95. The first-order valence-corrected chi connectivity index (χ1v) is 12.7. The van der Waals surface area contributed by atoms with E-state index in [0.717, 1.165) is 5.69 Å². The normalized spacial score (nSPS) is 16.5. The van der Waals surface area contributed by atoms with E-state index in [-0.39, 0.29) is 23.4 Å². The van der Waals surface area contributed by atoms with Crippen molar-refractivity contribution in [2.24, 2.45) is 5.92 Å². The minimum absolute atomic E-state index is 0.00407. The van der Waals surface area contributed by atoms with Crippen LogP contribution in [0, 0.1) is 5.92 Å². The lowest BCUT2D eigenvalue weighted by atomic mass is 9.95. The van der Waals surface area contributed by atoms with E-state index < -0.39 is 23.7 Å². The van der Waals surface area contributed by atoms with Crippen LogP contribution >= 0.6 is 0 Å². The Morgan fingerprint density at radius 3 is 2.03 bits per heavy atom. The first-order chi connectivity index (χ1) is 18.6. The molecule has 0 bridgehead atoms. The van der Waals surface area contributed by atoms with Gasteiger partial charge in [-0.1, -0.05) is 38.1 Å². The number of rotatable bonds is 9. The molecule has 202 valence electrons. The number of ketones is 1. The summed E-state index contributed by atoms with van der Waals surface area (Å²) in [6.45, 7) is 4.70. The molecule has 1 fully saturated rings. The zero-order chi connectivity index (χ0) is 28.3. The van der Waals surface area contributed by atoms with Gasteiger partial charge < -0.3 is 24.7 Å². The number of amides is 1. The average molecular weight is 529 g/mol. The second kappa shape index (κ2) is 11.4. The number of carbonyl (C=O) groups is 3. The lowest BCUT2D eigenvalue weighted by Crippen LogP contribution is -2.29. The first-order valence-electron chi connectivity index (χ1n) is 12.7. The van der Waals surface area contributed by atoms with Crippen molar-refractivity contribution in [2.75, 3.05) is 25.6 Å². The molecule has 0 aromatic heterocycles. The summed E-state index contributed by atoms with van der Waals surface area (Å²) in [5, 5.41) is 20.5. The average Bonchev–Trinajstić information content (AvgIpc) is 3.17. The minimum atomic E-state index is -1.05. The van der Waals surface area contributed by atoms with Crippen LogP contribution in [-0.2, 0) is 16.1 Å². The number of aromatic carboxylic acids is 1. The van der Waals surface area contributed by atoms with E-state index in [0.29, 0.717) is 35.0 Å². The van der Waals surface area contributed by atoms with Crippen LogP contribution in [0.15, 0.2) is 78.4 Å².